The summed E-state index contributed by atoms with van der Waals surface area (Å²) in [4.78, 5) is 4.59. The van der Waals surface area contributed by atoms with Crippen LogP contribution in [-0.2, 0) is 4.74 Å². The van der Waals surface area contributed by atoms with Crippen LogP contribution in [-0.4, -0.2) is 86.4 Å². The molecular formula is C12H28N6O. The number of rotatable bonds is 10. The van der Waals surface area contributed by atoms with Crippen molar-refractivity contribution in [2.24, 2.45) is 22.9 Å². The standard InChI is InChI=1S/C12H28N6O/c13-1-9-5-17(9)7-11(3-15)19-12(4-16)8-18-6-10(18)2-14/h9-12H,1-8,13-16H2. The summed E-state index contributed by atoms with van der Waals surface area (Å²) < 4.78 is 6.02. The van der Waals surface area contributed by atoms with E-state index in [-0.39, 0.29) is 12.2 Å². The molecule has 0 saturated carbocycles. The highest BCUT2D eigenvalue weighted by atomic mass is 16.5. The quantitative estimate of drug-likeness (QED) is 0.312. The zero-order valence-electron chi connectivity index (χ0n) is 11.6. The monoisotopic (exact) mass is 272 g/mol. The molecule has 0 spiro atoms. The average Bonchev–Trinajstić information content (AvgIpc) is 3.32. The molecule has 6 atom stereocenters. The van der Waals surface area contributed by atoms with Gasteiger partial charge in [0.05, 0.1) is 12.2 Å². The van der Waals surface area contributed by atoms with Crippen LogP contribution in [0.4, 0.5) is 0 Å². The number of hydrogen-bond donors (Lipinski definition) is 4. The minimum Gasteiger partial charge on any atom is -0.370 e. The lowest BCUT2D eigenvalue weighted by atomic mass is 10.3. The van der Waals surface area contributed by atoms with Gasteiger partial charge in [-0.15, -0.1) is 0 Å². The summed E-state index contributed by atoms with van der Waals surface area (Å²) >= 11 is 0. The molecule has 0 radical (unpaired) electrons. The van der Waals surface area contributed by atoms with Gasteiger partial charge >= 0.3 is 0 Å². The van der Waals surface area contributed by atoms with Gasteiger partial charge in [0.1, 0.15) is 0 Å². The Labute approximate surface area is 115 Å². The van der Waals surface area contributed by atoms with Crippen molar-refractivity contribution in [3.05, 3.63) is 0 Å². The molecule has 0 aromatic rings. The maximum absolute atomic E-state index is 6.02. The summed E-state index contributed by atoms with van der Waals surface area (Å²) in [6, 6.07) is 1.03. The van der Waals surface area contributed by atoms with Crippen LogP contribution in [0.2, 0.25) is 0 Å². The second kappa shape index (κ2) is 6.94. The van der Waals surface area contributed by atoms with Crippen LogP contribution in [0.5, 0.6) is 0 Å². The first kappa shape index (κ1) is 15.1. The first-order chi connectivity index (χ1) is 9.21. The summed E-state index contributed by atoms with van der Waals surface area (Å²) in [5.41, 5.74) is 22.8. The first-order valence-electron chi connectivity index (χ1n) is 7.15. The molecular weight excluding hydrogens is 244 g/mol. The Kier molecular flexibility index (Phi) is 5.52. The van der Waals surface area contributed by atoms with Crippen LogP contribution in [0.3, 0.4) is 0 Å². The van der Waals surface area contributed by atoms with Gasteiger partial charge in [0.25, 0.3) is 0 Å². The molecule has 0 aromatic carbocycles. The molecule has 0 bridgehead atoms. The minimum atomic E-state index is 0.0429. The molecule has 8 N–H and O–H groups in total. The molecule has 19 heavy (non-hydrogen) atoms. The fourth-order valence-corrected chi connectivity index (χ4v) is 2.48. The Balaban J connectivity index is 1.69. The van der Waals surface area contributed by atoms with E-state index in [1.807, 2.05) is 0 Å². The van der Waals surface area contributed by atoms with E-state index in [9.17, 15) is 0 Å². The number of ether oxygens (including phenoxy) is 1. The Hall–Kier alpha value is -0.280. The van der Waals surface area contributed by atoms with E-state index in [0.717, 1.165) is 26.2 Å². The molecule has 0 amide bonds. The first-order valence-corrected chi connectivity index (χ1v) is 7.15. The number of hydrogen-bond acceptors (Lipinski definition) is 7. The van der Waals surface area contributed by atoms with E-state index in [0.29, 0.717) is 38.3 Å². The third-order valence-corrected chi connectivity index (χ3v) is 3.99. The molecule has 0 aromatic heterocycles. The Morgan fingerprint density at radius 3 is 1.53 bits per heavy atom. The molecule has 2 heterocycles. The lowest BCUT2D eigenvalue weighted by molar-refractivity contribution is -0.0153. The Morgan fingerprint density at radius 1 is 0.842 bits per heavy atom. The maximum Gasteiger partial charge on any atom is 0.0829 e. The van der Waals surface area contributed by atoms with Gasteiger partial charge in [0.15, 0.2) is 0 Å². The van der Waals surface area contributed by atoms with Gasteiger partial charge in [-0.2, -0.15) is 0 Å². The van der Waals surface area contributed by atoms with Gasteiger partial charge in [-0.25, -0.2) is 0 Å². The van der Waals surface area contributed by atoms with E-state index >= 15 is 0 Å². The summed E-state index contributed by atoms with van der Waals surface area (Å²) in [5, 5.41) is 0. The lowest BCUT2D eigenvalue weighted by Gasteiger charge is -2.24. The van der Waals surface area contributed by atoms with Crippen molar-refractivity contribution >= 4 is 0 Å². The van der Waals surface area contributed by atoms with Crippen molar-refractivity contribution < 1.29 is 4.74 Å². The van der Waals surface area contributed by atoms with Crippen LogP contribution in [0.1, 0.15) is 0 Å². The van der Waals surface area contributed by atoms with Crippen molar-refractivity contribution in [3.63, 3.8) is 0 Å². The van der Waals surface area contributed by atoms with Crippen LogP contribution in [0.15, 0.2) is 0 Å². The van der Waals surface area contributed by atoms with Crippen LogP contribution in [0.25, 0.3) is 0 Å². The molecule has 2 aliphatic heterocycles. The van der Waals surface area contributed by atoms with Crippen molar-refractivity contribution in [2.75, 3.05) is 52.4 Å². The predicted molar refractivity (Wildman–Crippen MR) is 75.6 cm³/mol. The van der Waals surface area contributed by atoms with Gasteiger partial charge in [0, 0.05) is 64.4 Å². The van der Waals surface area contributed by atoms with Gasteiger partial charge in [-0.05, 0) is 0 Å². The smallest absolute Gasteiger partial charge is 0.0829 e. The van der Waals surface area contributed by atoms with Gasteiger partial charge in [-0.3, -0.25) is 9.80 Å². The molecule has 2 saturated heterocycles. The molecule has 7 nitrogen and oxygen atoms in total. The van der Waals surface area contributed by atoms with Crippen molar-refractivity contribution in [2.45, 2.75) is 24.3 Å². The fraction of sp³-hybridized carbons (Fsp3) is 1.00. The number of nitrogens with zero attached hydrogens (tertiary/aromatic N) is 2. The van der Waals surface area contributed by atoms with Crippen LogP contribution in [0, 0.1) is 0 Å². The van der Waals surface area contributed by atoms with E-state index < -0.39 is 0 Å². The Morgan fingerprint density at radius 2 is 1.26 bits per heavy atom. The average molecular weight is 272 g/mol. The van der Waals surface area contributed by atoms with E-state index in [1.54, 1.807) is 0 Å². The maximum atomic E-state index is 6.02. The zero-order chi connectivity index (χ0) is 13.8. The third-order valence-electron chi connectivity index (χ3n) is 3.99. The second-order valence-electron chi connectivity index (χ2n) is 5.54. The normalized spacial score (nSPS) is 36.0. The van der Waals surface area contributed by atoms with E-state index in [2.05, 4.69) is 9.80 Å². The molecule has 7 heteroatoms. The molecule has 2 rings (SSSR count). The fourth-order valence-electron chi connectivity index (χ4n) is 2.48. The minimum absolute atomic E-state index is 0.0429. The highest BCUT2D eigenvalue weighted by Gasteiger charge is 2.36. The van der Waals surface area contributed by atoms with Gasteiger partial charge in [-0.1, -0.05) is 0 Å². The van der Waals surface area contributed by atoms with Crippen molar-refractivity contribution in [3.8, 4) is 0 Å². The number of nitrogens with two attached hydrogens (primary N) is 4. The van der Waals surface area contributed by atoms with Crippen LogP contribution >= 0.6 is 0 Å². The summed E-state index contributed by atoms with van der Waals surface area (Å²) in [6.07, 6.45) is 0.0859. The molecule has 112 valence electrons. The summed E-state index contributed by atoms with van der Waals surface area (Å²) in [6.45, 7) is 6.29. The second-order valence-corrected chi connectivity index (χ2v) is 5.54. The SMILES string of the molecule is NCC(CN1CC1CN)OC(CN)CN1CC1CN. The van der Waals surface area contributed by atoms with Crippen molar-refractivity contribution in [1.82, 2.24) is 9.80 Å². The predicted octanol–water partition coefficient (Wildman–Crippen LogP) is -3.06. The van der Waals surface area contributed by atoms with Gasteiger partial charge < -0.3 is 27.7 Å². The van der Waals surface area contributed by atoms with Crippen molar-refractivity contribution in [1.29, 1.82) is 0 Å². The summed E-state index contributed by atoms with van der Waals surface area (Å²) in [7, 11) is 0. The Bertz CT molecular complexity index is 253. The topological polar surface area (TPSA) is 119 Å². The zero-order valence-corrected chi connectivity index (χ0v) is 11.6. The molecule has 2 aliphatic rings. The van der Waals surface area contributed by atoms with Gasteiger partial charge in [0.2, 0.25) is 0 Å². The lowest BCUT2D eigenvalue weighted by Crippen LogP contribution is -2.41. The van der Waals surface area contributed by atoms with E-state index in [1.165, 1.54) is 0 Å². The van der Waals surface area contributed by atoms with E-state index in [4.69, 9.17) is 27.7 Å². The highest BCUT2D eigenvalue weighted by molar-refractivity contribution is 4.93. The third kappa shape index (κ3) is 4.35. The highest BCUT2D eigenvalue weighted by Crippen LogP contribution is 2.19. The van der Waals surface area contributed by atoms with Crippen LogP contribution < -0.4 is 22.9 Å². The largest absolute Gasteiger partial charge is 0.370 e. The molecule has 6 unspecified atom stereocenters. The summed E-state index contributed by atoms with van der Waals surface area (Å²) in [5.74, 6) is 0. The molecule has 2 fully saturated rings. The molecule has 0 aliphatic carbocycles.